The Labute approximate surface area is 136 Å². The molecule has 0 aliphatic rings. The van der Waals surface area contributed by atoms with Gasteiger partial charge in [-0.2, -0.15) is 0 Å². The van der Waals surface area contributed by atoms with Crippen molar-refractivity contribution in [1.82, 2.24) is 9.80 Å². The molecule has 1 aromatic rings. The van der Waals surface area contributed by atoms with Crippen LogP contribution >= 0.6 is 15.9 Å². The summed E-state index contributed by atoms with van der Waals surface area (Å²) in [5.41, 5.74) is 7.28. The molecule has 0 saturated heterocycles. The van der Waals surface area contributed by atoms with E-state index in [0.29, 0.717) is 6.54 Å². The van der Waals surface area contributed by atoms with Gasteiger partial charge in [0.25, 0.3) is 0 Å². The largest absolute Gasteiger partial charge is 0.342 e. The Morgan fingerprint density at radius 3 is 2.33 bits per heavy atom. The van der Waals surface area contributed by atoms with E-state index in [1.807, 2.05) is 55.8 Å². The SMILES string of the molecule is CCN(CC)C(=O)CN(C)C(c1ccccc1Br)C(C)N. The lowest BCUT2D eigenvalue weighted by atomic mass is 9.99. The molecule has 0 radical (unpaired) electrons. The molecule has 1 rings (SSSR count). The summed E-state index contributed by atoms with van der Waals surface area (Å²) in [4.78, 5) is 16.2. The van der Waals surface area contributed by atoms with Crippen molar-refractivity contribution in [3.05, 3.63) is 34.3 Å². The zero-order chi connectivity index (χ0) is 16.0. The molecular weight excluding hydrogens is 330 g/mol. The summed E-state index contributed by atoms with van der Waals surface area (Å²) in [6.07, 6.45) is 0. The van der Waals surface area contributed by atoms with E-state index in [0.717, 1.165) is 23.1 Å². The maximum absolute atomic E-state index is 12.3. The number of carbonyl (C=O) groups is 1. The smallest absolute Gasteiger partial charge is 0.236 e. The summed E-state index contributed by atoms with van der Waals surface area (Å²) in [5.74, 6) is 0.139. The zero-order valence-electron chi connectivity index (χ0n) is 13.3. The molecule has 2 atom stereocenters. The van der Waals surface area contributed by atoms with Gasteiger partial charge in [0.15, 0.2) is 0 Å². The summed E-state index contributed by atoms with van der Waals surface area (Å²) in [6.45, 7) is 7.82. The summed E-state index contributed by atoms with van der Waals surface area (Å²) in [6, 6.07) is 7.96. The van der Waals surface area contributed by atoms with Crippen LogP contribution in [0, 0.1) is 0 Å². The van der Waals surface area contributed by atoms with E-state index in [2.05, 4.69) is 22.0 Å². The van der Waals surface area contributed by atoms with Gasteiger partial charge in [-0.1, -0.05) is 34.1 Å². The summed E-state index contributed by atoms with van der Waals surface area (Å²) < 4.78 is 1.02. The third-order valence-electron chi connectivity index (χ3n) is 3.70. The van der Waals surface area contributed by atoms with E-state index >= 15 is 0 Å². The molecule has 4 nitrogen and oxygen atoms in total. The van der Waals surface area contributed by atoms with Crippen LogP contribution in [0.3, 0.4) is 0 Å². The lowest BCUT2D eigenvalue weighted by molar-refractivity contribution is -0.132. The molecule has 118 valence electrons. The fourth-order valence-electron chi connectivity index (χ4n) is 2.63. The summed E-state index contributed by atoms with van der Waals surface area (Å²) >= 11 is 3.58. The first-order valence-electron chi connectivity index (χ1n) is 7.40. The average molecular weight is 356 g/mol. The highest BCUT2D eigenvalue weighted by Gasteiger charge is 2.25. The van der Waals surface area contributed by atoms with Gasteiger partial charge in [0, 0.05) is 23.6 Å². The fraction of sp³-hybridized carbons (Fsp3) is 0.562. The van der Waals surface area contributed by atoms with Crippen LogP contribution in [-0.4, -0.2) is 48.4 Å². The van der Waals surface area contributed by atoms with E-state index in [4.69, 9.17) is 5.73 Å². The van der Waals surface area contributed by atoms with Crippen molar-refractivity contribution in [2.24, 2.45) is 5.73 Å². The van der Waals surface area contributed by atoms with E-state index in [1.54, 1.807) is 0 Å². The van der Waals surface area contributed by atoms with Crippen molar-refractivity contribution in [2.45, 2.75) is 32.9 Å². The van der Waals surface area contributed by atoms with Gasteiger partial charge in [-0.3, -0.25) is 9.69 Å². The molecule has 1 aromatic carbocycles. The van der Waals surface area contributed by atoms with E-state index in [-0.39, 0.29) is 18.0 Å². The Balaban J connectivity index is 2.92. The first-order chi connectivity index (χ1) is 9.92. The van der Waals surface area contributed by atoms with Crippen LogP contribution in [0.5, 0.6) is 0 Å². The van der Waals surface area contributed by atoms with Crippen LogP contribution in [0.15, 0.2) is 28.7 Å². The minimum absolute atomic E-state index is 0.0000808. The van der Waals surface area contributed by atoms with Gasteiger partial charge in [-0.25, -0.2) is 0 Å². The Morgan fingerprint density at radius 1 is 1.29 bits per heavy atom. The molecule has 0 fully saturated rings. The number of hydrogen-bond acceptors (Lipinski definition) is 3. The minimum atomic E-state index is -0.0711. The number of benzene rings is 1. The molecule has 0 aromatic heterocycles. The highest BCUT2D eigenvalue weighted by Crippen LogP contribution is 2.28. The van der Waals surface area contributed by atoms with Gasteiger partial charge in [-0.05, 0) is 39.4 Å². The van der Waals surface area contributed by atoms with Crippen LogP contribution < -0.4 is 5.73 Å². The zero-order valence-corrected chi connectivity index (χ0v) is 14.9. The topological polar surface area (TPSA) is 49.6 Å². The van der Waals surface area contributed by atoms with E-state index in [1.165, 1.54) is 0 Å². The molecule has 0 spiro atoms. The standard InChI is InChI=1S/C16H26BrN3O/c1-5-20(6-2)15(21)11-19(4)16(12(3)18)13-9-7-8-10-14(13)17/h7-10,12,16H,5-6,11,18H2,1-4H3. The molecule has 1 amide bonds. The monoisotopic (exact) mass is 355 g/mol. The maximum Gasteiger partial charge on any atom is 0.236 e. The second-order valence-electron chi connectivity index (χ2n) is 5.31. The number of nitrogens with two attached hydrogens (primary N) is 1. The molecule has 0 bridgehead atoms. The van der Waals surface area contributed by atoms with Gasteiger partial charge in [0.1, 0.15) is 0 Å². The van der Waals surface area contributed by atoms with Crippen LogP contribution in [0.25, 0.3) is 0 Å². The van der Waals surface area contributed by atoms with Crippen LogP contribution in [0.4, 0.5) is 0 Å². The van der Waals surface area contributed by atoms with E-state index in [9.17, 15) is 4.79 Å². The Morgan fingerprint density at radius 2 is 1.86 bits per heavy atom. The number of likely N-dealkylation sites (N-methyl/N-ethyl adjacent to an activating group) is 2. The second-order valence-corrected chi connectivity index (χ2v) is 6.16. The van der Waals surface area contributed by atoms with Crippen molar-refractivity contribution in [1.29, 1.82) is 0 Å². The van der Waals surface area contributed by atoms with Crippen molar-refractivity contribution < 1.29 is 4.79 Å². The number of nitrogens with zero attached hydrogens (tertiary/aromatic N) is 2. The van der Waals surface area contributed by atoms with Gasteiger partial charge < -0.3 is 10.6 Å². The van der Waals surface area contributed by atoms with Gasteiger partial charge >= 0.3 is 0 Å². The fourth-order valence-corrected chi connectivity index (χ4v) is 3.14. The molecule has 2 unspecified atom stereocenters. The molecular formula is C16H26BrN3O. The number of carbonyl (C=O) groups excluding carboxylic acids is 1. The summed E-state index contributed by atoms with van der Waals surface area (Å²) in [5, 5.41) is 0. The number of halogens is 1. The van der Waals surface area contributed by atoms with Gasteiger partial charge in [0.05, 0.1) is 12.6 Å². The van der Waals surface area contributed by atoms with Crippen molar-refractivity contribution >= 4 is 21.8 Å². The van der Waals surface area contributed by atoms with Crippen LogP contribution in [0.1, 0.15) is 32.4 Å². The van der Waals surface area contributed by atoms with Crippen LogP contribution in [-0.2, 0) is 4.79 Å². The van der Waals surface area contributed by atoms with Gasteiger partial charge in [-0.15, -0.1) is 0 Å². The molecule has 0 saturated carbocycles. The summed E-state index contributed by atoms with van der Waals surface area (Å²) in [7, 11) is 1.95. The highest BCUT2D eigenvalue weighted by atomic mass is 79.9. The Bertz CT molecular complexity index is 461. The Hall–Kier alpha value is -0.910. The van der Waals surface area contributed by atoms with Crippen LogP contribution in [0.2, 0.25) is 0 Å². The normalized spacial score (nSPS) is 14.0. The molecule has 0 heterocycles. The van der Waals surface area contributed by atoms with Crippen molar-refractivity contribution in [3.63, 3.8) is 0 Å². The molecule has 0 aliphatic carbocycles. The molecule has 5 heteroatoms. The van der Waals surface area contributed by atoms with Crippen molar-refractivity contribution in [2.75, 3.05) is 26.7 Å². The molecule has 0 aliphatic heterocycles. The third kappa shape index (κ3) is 4.80. The lowest BCUT2D eigenvalue weighted by Crippen LogP contribution is -2.44. The lowest BCUT2D eigenvalue weighted by Gasteiger charge is -2.33. The first kappa shape index (κ1) is 18.1. The number of amides is 1. The van der Waals surface area contributed by atoms with E-state index < -0.39 is 0 Å². The minimum Gasteiger partial charge on any atom is -0.342 e. The number of hydrogen-bond donors (Lipinski definition) is 1. The quantitative estimate of drug-likeness (QED) is 0.817. The molecule has 2 N–H and O–H groups in total. The molecule has 21 heavy (non-hydrogen) atoms. The number of rotatable bonds is 7. The first-order valence-corrected chi connectivity index (χ1v) is 8.19. The third-order valence-corrected chi connectivity index (χ3v) is 4.42. The van der Waals surface area contributed by atoms with Crippen molar-refractivity contribution in [3.8, 4) is 0 Å². The van der Waals surface area contributed by atoms with Gasteiger partial charge in [0.2, 0.25) is 5.91 Å². The predicted molar refractivity (Wildman–Crippen MR) is 91.1 cm³/mol. The average Bonchev–Trinajstić information content (AvgIpc) is 2.42. The second kappa shape index (κ2) is 8.51. The maximum atomic E-state index is 12.3. The Kier molecular flexibility index (Phi) is 7.35. The predicted octanol–water partition coefficient (Wildman–Crippen LogP) is 2.64. The highest BCUT2D eigenvalue weighted by molar-refractivity contribution is 9.10.